The highest BCUT2D eigenvalue weighted by Crippen LogP contribution is 2.27. The molecule has 0 aromatic carbocycles. The van der Waals surface area contributed by atoms with Gasteiger partial charge in [-0.15, -0.1) is 0 Å². The summed E-state index contributed by atoms with van der Waals surface area (Å²) in [5.74, 6) is 1.49. The van der Waals surface area contributed by atoms with Crippen molar-refractivity contribution in [3.8, 4) is 11.4 Å². The van der Waals surface area contributed by atoms with E-state index in [0.29, 0.717) is 17.6 Å². The molecule has 6 nitrogen and oxygen atoms in total. The second kappa shape index (κ2) is 6.68. The van der Waals surface area contributed by atoms with Crippen LogP contribution in [0.5, 0.6) is 0 Å². The van der Waals surface area contributed by atoms with Gasteiger partial charge in [0.15, 0.2) is 5.82 Å². The maximum Gasteiger partial charge on any atom is 0.272 e. The Kier molecular flexibility index (Phi) is 4.63. The lowest BCUT2D eigenvalue weighted by atomic mass is 10.0. The molecule has 0 amide bonds. The van der Waals surface area contributed by atoms with Gasteiger partial charge in [-0.05, 0) is 18.1 Å². The molecule has 1 fully saturated rings. The largest absolute Gasteiger partial charge is 0.349 e. The first-order chi connectivity index (χ1) is 11.1. The third kappa shape index (κ3) is 3.23. The van der Waals surface area contributed by atoms with Gasteiger partial charge in [-0.2, -0.15) is 0 Å². The summed E-state index contributed by atoms with van der Waals surface area (Å²) in [5.41, 5.74) is 0.496. The summed E-state index contributed by atoms with van der Waals surface area (Å²) < 4.78 is 0. The number of piperazine rings is 1. The Labute approximate surface area is 139 Å². The third-order valence-corrected chi connectivity index (χ3v) is 4.46. The van der Waals surface area contributed by atoms with Gasteiger partial charge in [0.05, 0.1) is 0 Å². The number of aromatic amines is 1. The lowest BCUT2D eigenvalue weighted by Crippen LogP contribution is -2.54. The number of H-pyrrole nitrogens is 1. The molecule has 1 aliphatic heterocycles. The molecule has 122 valence electrons. The van der Waals surface area contributed by atoms with Crippen LogP contribution in [0.25, 0.3) is 11.4 Å². The van der Waals surface area contributed by atoms with Gasteiger partial charge in [-0.3, -0.25) is 9.78 Å². The van der Waals surface area contributed by atoms with Crippen molar-refractivity contribution in [2.45, 2.75) is 19.9 Å². The normalized spacial score (nSPS) is 18.4. The van der Waals surface area contributed by atoms with E-state index in [4.69, 9.17) is 11.6 Å². The van der Waals surface area contributed by atoms with Gasteiger partial charge >= 0.3 is 0 Å². The maximum absolute atomic E-state index is 12.3. The van der Waals surface area contributed by atoms with Crippen LogP contribution in [-0.4, -0.2) is 40.6 Å². The number of halogens is 1. The van der Waals surface area contributed by atoms with Gasteiger partial charge in [0.1, 0.15) is 10.8 Å². The molecular formula is C16H20ClN5O. The zero-order chi connectivity index (χ0) is 16.4. The minimum Gasteiger partial charge on any atom is -0.349 e. The van der Waals surface area contributed by atoms with Gasteiger partial charge in [0, 0.05) is 43.6 Å². The van der Waals surface area contributed by atoms with Crippen LogP contribution in [0.4, 0.5) is 5.82 Å². The van der Waals surface area contributed by atoms with Crippen LogP contribution in [0.15, 0.2) is 29.3 Å². The number of hydrogen-bond donors (Lipinski definition) is 2. The highest BCUT2D eigenvalue weighted by atomic mass is 35.5. The highest BCUT2D eigenvalue weighted by molar-refractivity contribution is 6.32. The van der Waals surface area contributed by atoms with Crippen LogP contribution >= 0.6 is 11.6 Å². The predicted octanol–water partition coefficient (Wildman–Crippen LogP) is 1.92. The van der Waals surface area contributed by atoms with Crippen LogP contribution in [0, 0.1) is 5.92 Å². The van der Waals surface area contributed by atoms with E-state index in [9.17, 15) is 4.79 Å². The standard InChI is InChI=1S/C16H20ClN5O/c1-10(2)12-9-19-7-8-22(12)15-13(17)16(23)21-14(20-15)11-3-5-18-6-4-11/h3-6,10,12,19H,7-9H2,1-2H3,(H,20,21,23). The van der Waals surface area contributed by atoms with Crippen LogP contribution in [0.1, 0.15) is 13.8 Å². The number of pyridine rings is 1. The van der Waals surface area contributed by atoms with Crippen LogP contribution in [0.2, 0.25) is 5.02 Å². The van der Waals surface area contributed by atoms with Gasteiger partial charge in [0.2, 0.25) is 0 Å². The number of aromatic nitrogens is 3. The fourth-order valence-corrected chi connectivity index (χ4v) is 3.07. The second-order valence-corrected chi connectivity index (χ2v) is 6.37. The van der Waals surface area contributed by atoms with Crippen molar-refractivity contribution in [2.75, 3.05) is 24.5 Å². The minimum atomic E-state index is -0.315. The Balaban J connectivity index is 2.08. The van der Waals surface area contributed by atoms with Crippen molar-refractivity contribution in [1.82, 2.24) is 20.3 Å². The molecule has 2 aromatic heterocycles. The monoisotopic (exact) mass is 333 g/mol. The summed E-state index contributed by atoms with van der Waals surface area (Å²) in [6.07, 6.45) is 3.34. The SMILES string of the molecule is CC(C)C1CNCCN1c1nc(-c2ccncc2)[nH]c(=O)c1Cl. The zero-order valence-corrected chi connectivity index (χ0v) is 14.0. The summed E-state index contributed by atoms with van der Waals surface area (Å²) in [6, 6.07) is 3.88. The third-order valence-electron chi connectivity index (χ3n) is 4.12. The topological polar surface area (TPSA) is 73.9 Å². The molecule has 0 spiro atoms. The van der Waals surface area contributed by atoms with Crippen molar-refractivity contribution in [3.63, 3.8) is 0 Å². The van der Waals surface area contributed by atoms with Gasteiger partial charge in [-0.1, -0.05) is 25.4 Å². The molecule has 23 heavy (non-hydrogen) atoms. The van der Waals surface area contributed by atoms with E-state index in [1.807, 2.05) is 12.1 Å². The van der Waals surface area contributed by atoms with E-state index in [-0.39, 0.29) is 16.6 Å². The average molecular weight is 334 g/mol. The van der Waals surface area contributed by atoms with Crippen molar-refractivity contribution >= 4 is 17.4 Å². The van der Waals surface area contributed by atoms with Gasteiger partial charge < -0.3 is 15.2 Å². The van der Waals surface area contributed by atoms with E-state index in [0.717, 1.165) is 25.2 Å². The molecule has 0 radical (unpaired) electrons. The molecular weight excluding hydrogens is 314 g/mol. The van der Waals surface area contributed by atoms with Crippen molar-refractivity contribution < 1.29 is 0 Å². The molecule has 0 bridgehead atoms. The van der Waals surface area contributed by atoms with E-state index >= 15 is 0 Å². The maximum atomic E-state index is 12.3. The quantitative estimate of drug-likeness (QED) is 0.897. The Bertz CT molecular complexity index is 731. The number of anilines is 1. The second-order valence-electron chi connectivity index (χ2n) is 6.00. The summed E-state index contributed by atoms with van der Waals surface area (Å²) in [5, 5.41) is 3.54. The summed E-state index contributed by atoms with van der Waals surface area (Å²) >= 11 is 6.28. The Hall–Kier alpha value is -1.92. The predicted molar refractivity (Wildman–Crippen MR) is 91.9 cm³/mol. The smallest absolute Gasteiger partial charge is 0.272 e. The highest BCUT2D eigenvalue weighted by Gasteiger charge is 2.28. The van der Waals surface area contributed by atoms with Crippen molar-refractivity contribution in [2.24, 2.45) is 5.92 Å². The van der Waals surface area contributed by atoms with E-state index in [2.05, 4.69) is 39.0 Å². The number of nitrogens with one attached hydrogen (secondary N) is 2. The number of rotatable bonds is 3. The first kappa shape index (κ1) is 16.0. The minimum absolute atomic E-state index is 0.148. The lowest BCUT2D eigenvalue weighted by molar-refractivity contribution is 0.388. The molecule has 1 aliphatic rings. The van der Waals surface area contributed by atoms with Crippen LogP contribution in [0.3, 0.4) is 0 Å². The first-order valence-corrected chi connectivity index (χ1v) is 8.13. The molecule has 1 atom stereocenters. The Morgan fingerprint density at radius 1 is 1.35 bits per heavy atom. The van der Waals surface area contributed by atoms with Crippen LogP contribution < -0.4 is 15.8 Å². The van der Waals surface area contributed by atoms with Crippen molar-refractivity contribution in [1.29, 1.82) is 0 Å². The molecule has 2 N–H and O–H groups in total. The first-order valence-electron chi connectivity index (χ1n) is 7.75. The lowest BCUT2D eigenvalue weighted by Gasteiger charge is -2.39. The summed E-state index contributed by atoms with van der Waals surface area (Å²) in [6.45, 7) is 6.80. The molecule has 7 heteroatoms. The average Bonchev–Trinajstić information content (AvgIpc) is 2.58. The Morgan fingerprint density at radius 2 is 2.09 bits per heavy atom. The zero-order valence-electron chi connectivity index (χ0n) is 13.2. The number of nitrogens with zero attached hydrogens (tertiary/aromatic N) is 3. The van der Waals surface area contributed by atoms with E-state index in [1.54, 1.807) is 12.4 Å². The molecule has 3 heterocycles. The molecule has 1 unspecified atom stereocenters. The molecule has 2 aromatic rings. The van der Waals surface area contributed by atoms with Gasteiger partial charge in [-0.25, -0.2) is 4.98 Å². The van der Waals surface area contributed by atoms with Gasteiger partial charge in [0.25, 0.3) is 5.56 Å². The van der Waals surface area contributed by atoms with Crippen LogP contribution in [-0.2, 0) is 0 Å². The van der Waals surface area contributed by atoms with E-state index < -0.39 is 0 Å². The van der Waals surface area contributed by atoms with E-state index in [1.165, 1.54) is 0 Å². The fourth-order valence-electron chi connectivity index (χ4n) is 2.87. The molecule has 3 rings (SSSR count). The Morgan fingerprint density at radius 3 is 2.78 bits per heavy atom. The summed E-state index contributed by atoms with van der Waals surface area (Å²) in [7, 11) is 0. The van der Waals surface area contributed by atoms with Crippen molar-refractivity contribution in [3.05, 3.63) is 39.9 Å². The number of hydrogen-bond acceptors (Lipinski definition) is 5. The molecule has 1 saturated heterocycles. The fraction of sp³-hybridized carbons (Fsp3) is 0.438. The molecule has 0 aliphatic carbocycles. The summed E-state index contributed by atoms with van der Waals surface area (Å²) in [4.78, 5) is 25.8. The molecule has 0 saturated carbocycles.